The Morgan fingerprint density at radius 2 is 1.40 bits per heavy atom. The van der Waals surface area contributed by atoms with E-state index in [9.17, 15) is 19.2 Å². The fourth-order valence-electron chi connectivity index (χ4n) is 0.316. The summed E-state index contributed by atoms with van der Waals surface area (Å²) in [6.07, 6.45) is 1.12. The third-order valence-electron chi connectivity index (χ3n) is 0.668. The molecule has 5 N–H and O–H groups in total. The lowest BCUT2D eigenvalue weighted by Gasteiger charge is -1.88. The van der Waals surface area contributed by atoms with Gasteiger partial charge in [0, 0.05) is 19.1 Å². The molecule has 8 nitrogen and oxygen atoms in total. The van der Waals surface area contributed by atoms with Crippen molar-refractivity contribution >= 4 is 23.9 Å². The summed E-state index contributed by atoms with van der Waals surface area (Å²) in [4.78, 5) is 38.6. The minimum Gasteiger partial charge on any atom is -0.478 e. The van der Waals surface area contributed by atoms with Crippen LogP contribution in [0, 0.1) is 0 Å². The van der Waals surface area contributed by atoms with Gasteiger partial charge in [-0.3, -0.25) is 10.1 Å². The third-order valence-corrected chi connectivity index (χ3v) is 0.668. The number of imide groups is 1. The summed E-state index contributed by atoms with van der Waals surface area (Å²) < 4.78 is 0. The first-order valence-electron chi connectivity index (χ1n) is 3.46. The maximum absolute atomic E-state index is 9.84. The number of nitrogens with two attached hydrogens (primary N) is 1. The van der Waals surface area contributed by atoms with Gasteiger partial charge in [-0.1, -0.05) is 0 Å². The zero-order valence-corrected chi connectivity index (χ0v) is 7.76. The quantitative estimate of drug-likeness (QED) is 0.433. The summed E-state index contributed by atoms with van der Waals surface area (Å²) in [5.41, 5.74) is 4.52. The minimum atomic E-state index is -1.26. The van der Waals surface area contributed by atoms with Crippen molar-refractivity contribution in [2.24, 2.45) is 5.73 Å². The molecule has 0 aromatic heterocycles. The van der Waals surface area contributed by atoms with Crippen LogP contribution in [-0.4, -0.2) is 34.1 Å². The molecule has 84 valence electrons. The fraction of sp³-hybridized carbons (Fsp3) is 0.143. The summed E-state index contributed by atoms with van der Waals surface area (Å²) in [7, 11) is 0. The molecule has 8 heteroatoms. The first kappa shape index (κ1) is 15.1. The molecule has 0 aromatic carbocycles. The molecule has 0 fully saturated rings. The Labute approximate surface area is 84.4 Å². The van der Waals surface area contributed by atoms with Gasteiger partial charge in [-0.15, -0.1) is 0 Å². The monoisotopic (exact) mass is 218 g/mol. The van der Waals surface area contributed by atoms with Gasteiger partial charge in [0.25, 0.3) is 0 Å². The highest BCUT2D eigenvalue weighted by atomic mass is 16.4. The number of urea groups is 1. The van der Waals surface area contributed by atoms with E-state index in [2.05, 4.69) is 5.73 Å². The second-order valence-electron chi connectivity index (χ2n) is 2.06. The van der Waals surface area contributed by atoms with Gasteiger partial charge < -0.3 is 15.9 Å². The van der Waals surface area contributed by atoms with Crippen molar-refractivity contribution in [1.29, 1.82) is 0 Å². The van der Waals surface area contributed by atoms with E-state index in [0.29, 0.717) is 12.2 Å². The zero-order valence-electron chi connectivity index (χ0n) is 7.76. The van der Waals surface area contributed by atoms with Crippen molar-refractivity contribution < 1.29 is 29.4 Å². The number of carboxylic acid groups (broad SMARTS) is 2. The second kappa shape index (κ2) is 8.23. The van der Waals surface area contributed by atoms with Gasteiger partial charge in [0.15, 0.2) is 0 Å². The first-order chi connectivity index (χ1) is 6.75. The molecular weight excluding hydrogens is 208 g/mol. The van der Waals surface area contributed by atoms with Crippen LogP contribution in [0.25, 0.3) is 0 Å². The van der Waals surface area contributed by atoms with Gasteiger partial charge in [0.05, 0.1) is 0 Å². The number of carbonyl (C=O) groups excluding carboxylic acids is 2. The van der Waals surface area contributed by atoms with E-state index < -0.39 is 23.9 Å². The average molecular weight is 218 g/mol. The molecule has 0 unspecified atom stereocenters. The predicted molar refractivity (Wildman–Crippen MR) is 47.8 cm³/mol. The van der Waals surface area contributed by atoms with Crippen molar-refractivity contribution in [3.05, 3.63) is 12.2 Å². The van der Waals surface area contributed by atoms with Crippen molar-refractivity contribution in [3.63, 3.8) is 0 Å². The lowest BCUT2D eigenvalue weighted by atomic mass is 10.5. The molecule has 0 aliphatic rings. The van der Waals surface area contributed by atoms with Crippen LogP contribution < -0.4 is 11.1 Å². The Balaban J connectivity index is 0. The van der Waals surface area contributed by atoms with Crippen LogP contribution in [0.3, 0.4) is 0 Å². The molecule has 0 saturated carbocycles. The van der Waals surface area contributed by atoms with Gasteiger partial charge in [0.1, 0.15) is 0 Å². The lowest BCUT2D eigenvalue weighted by molar-refractivity contribution is -0.134. The Morgan fingerprint density at radius 3 is 1.47 bits per heavy atom. The lowest BCUT2D eigenvalue weighted by Crippen LogP contribution is -2.32. The van der Waals surface area contributed by atoms with Crippen molar-refractivity contribution in [1.82, 2.24) is 5.32 Å². The van der Waals surface area contributed by atoms with Crippen LogP contribution in [0.2, 0.25) is 0 Å². The summed E-state index contributed by atoms with van der Waals surface area (Å²) >= 11 is 0. The maximum Gasteiger partial charge on any atom is 0.328 e. The number of nitrogens with one attached hydrogen (secondary N) is 1. The highest BCUT2D eigenvalue weighted by Gasteiger charge is 1.91. The zero-order chi connectivity index (χ0) is 12.4. The van der Waals surface area contributed by atoms with Gasteiger partial charge in [-0.05, 0) is 0 Å². The van der Waals surface area contributed by atoms with Gasteiger partial charge >= 0.3 is 18.0 Å². The molecule has 0 aromatic rings. The van der Waals surface area contributed by atoms with Crippen LogP contribution in [-0.2, 0) is 14.4 Å². The van der Waals surface area contributed by atoms with Crippen molar-refractivity contribution in [2.45, 2.75) is 6.92 Å². The van der Waals surface area contributed by atoms with E-state index in [1.165, 1.54) is 6.92 Å². The predicted octanol–water partition coefficient (Wildman–Crippen LogP) is -1.09. The van der Waals surface area contributed by atoms with Crippen LogP contribution >= 0.6 is 0 Å². The highest BCUT2D eigenvalue weighted by molar-refractivity contribution is 5.92. The summed E-state index contributed by atoms with van der Waals surface area (Å²) in [6.45, 7) is 1.21. The van der Waals surface area contributed by atoms with Crippen molar-refractivity contribution in [2.75, 3.05) is 0 Å². The number of carbonyl (C=O) groups is 4. The molecule has 15 heavy (non-hydrogen) atoms. The molecule has 0 atom stereocenters. The van der Waals surface area contributed by atoms with E-state index in [4.69, 9.17) is 10.2 Å². The second-order valence-corrected chi connectivity index (χ2v) is 2.06. The molecule has 0 bridgehead atoms. The number of hydrogen-bond donors (Lipinski definition) is 4. The molecule has 0 spiro atoms. The molecule has 0 aliphatic heterocycles. The normalized spacial score (nSPS) is 8.60. The number of carboxylic acids is 2. The van der Waals surface area contributed by atoms with Gasteiger partial charge in [-0.25, -0.2) is 14.4 Å². The van der Waals surface area contributed by atoms with Crippen LogP contribution in [0.1, 0.15) is 6.92 Å². The van der Waals surface area contributed by atoms with Crippen LogP contribution in [0.4, 0.5) is 4.79 Å². The molecule has 0 saturated heterocycles. The number of amides is 3. The Bertz CT molecular complexity index is 268. The third kappa shape index (κ3) is 24.5. The maximum atomic E-state index is 9.84. The molecule has 3 amide bonds. The summed E-state index contributed by atoms with van der Waals surface area (Å²) in [5.74, 6) is -2.95. The average Bonchev–Trinajstić information content (AvgIpc) is 1.99. The smallest absolute Gasteiger partial charge is 0.328 e. The molecule has 0 aliphatic carbocycles. The standard InChI is InChI=1S/C4H4O4.C3H6N2O2/c5-3(6)1-2-4(7)8;1-2(6)5-3(4)7/h1-2H,(H,5,6)(H,7,8);1H3,(H3,4,5,6,7)/b2-1+;. The van der Waals surface area contributed by atoms with E-state index in [1.54, 1.807) is 5.32 Å². The highest BCUT2D eigenvalue weighted by Crippen LogP contribution is 1.70. The Morgan fingerprint density at radius 1 is 1.07 bits per heavy atom. The number of rotatable bonds is 2. The van der Waals surface area contributed by atoms with E-state index >= 15 is 0 Å². The summed E-state index contributed by atoms with van der Waals surface area (Å²) in [5, 5.41) is 17.4. The van der Waals surface area contributed by atoms with Crippen LogP contribution in [0.15, 0.2) is 12.2 Å². The SMILES string of the molecule is CC(=O)NC(N)=O.O=C(O)/C=C/C(=O)O. The Hall–Kier alpha value is -2.38. The topological polar surface area (TPSA) is 147 Å². The summed E-state index contributed by atoms with van der Waals surface area (Å²) in [6, 6.07) is -0.812. The first-order valence-corrected chi connectivity index (χ1v) is 3.46. The van der Waals surface area contributed by atoms with E-state index in [-0.39, 0.29) is 0 Å². The fourth-order valence-corrected chi connectivity index (χ4v) is 0.316. The molecule has 0 heterocycles. The van der Waals surface area contributed by atoms with Gasteiger partial charge in [-0.2, -0.15) is 0 Å². The molecule has 0 rings (SSSR count). The van der Waals surface area contributed by atoms with E-state index in [0.717, 1.165) is 0 Å². The number of hydrogen-bond acceptors (Lipinski definition) is 4. The largest absolute Gasteiger partial charge is 0.478 e. The van der Waals surface area contributed by atoms with Crippen LogP contribution in [0.5, 0.6) is 0 Å². The number of aliphatic carboxylic acids is 2. The minimum absolute atomic E-state index is 0.437. The molecular formula is C7H10N2O6. The Kier molecular flexibility index (Phi) is 8.29. The number of primary amides is 1. The molecule has 0 radical (unpaired) electrons. The van der Waals surface area contributed by atoms with Crippen molar-refractivity contribution in [3.8, 4) is 0 Å². The van der Waals surface area contributed by atoms with Gasteiger partial charge in [0.2, 0.25) is 5.91 Å². The van der Waals surface area contributed by atoms with E-state index in [1.807, 2.05) is 0 Å².